The van der Waals surface area contributed by atoms with E-state index < -0.39 is 11.5 Å². The molecule has 0 aliphatic heterocycles. The Morgan fingerprint density at radius 1 is 1.29 bits per heavy atom. The van der Waals surface area contributed by atoms with E-state index in [1.54, 1.807) is 38.2 Å². The summed E-state index contributed by atoms with van der Waals surface area (Å²) in [5.74, 6) is 0.777. The first-order valence-corrected chi connectivity index (χ1v) is 9.97. The number of carbonyl (C=O) groups is 1. The fourth-order valence-electron chi connectivity index (χ4n) is 3.24. The molecule has 0 atom stereocenters. The SMILES string of the molecule is CC1(Nc2nc(Nc3cc(C(C)(C)O)ncn3)cc3ccn(CC(N)=O)c(=O)c23)CC1. The summed E-state index contributed by atoms with van der Waals surface area (Å²) in [7, 11) is 0. The van der Waals surface area contributed by atoms with Gasteiger partial charge in [-0.15, -0.1) is 0 Å². The van der Waals surface area contributed by atoms with Gasteiger partial charge in [0.05, 0.1) is 11.1 Å². The molecule has 4 rings (SSSR count). The Hall–Kier alpha value is -3.53. The Morgan fingerprint density at radius 3 is 2.68 bits per heavy atom. The molecule has 0 spiro atoms. The van der Waals surface area contributed by atoms with Gasteiger partial charge in [0.25, 0.3) is 5.56 Å². The van der Waals surface area contributed by atoms with Crippen molar-refractivity contribution in [2.45, 2.75) is 51.3 Å². The third-order valence-electron chi connectivity index (χ3n) is 5.26. The van der Waals surface area contributed by atoms with Crippen LogP contribution in [0.3, 0.4) is 0 Å². The average Bonchev–Trinajstić information content (AvgIpc) is 3.40. The number of nitrogens with two attached hydrogens (primary N) is 1. The lowest BCUT2D eigenvalue weighted by Crippen LogP contribution is -2.29. The monoisotopic (exact) mass is 423 g/mol. The molecular formula is C21H25N7O3. The number of primary amides is 1. The smallest absolute Gasteiger partial charge is 0.262 e. The van der Waals surface area contributed by atoms with Crippen molar-refractivity contribution >= 4 is 34.1 Å². The van der Waals surface area contributed by atoms with E-state index in [0.717, 1.165) is 12.8 Å². The first-order chi connectivity index (χ1) is 14.5. The maximum atomic E-state index is 13.0. The summed E-state index contributed by atoms with van der Waals surface area (Å²) in [4.78, 5) is 37.3. The number of anilines is 3. The van der Waals surface area contributed by atoms with Crippen LogP contribution in [0.5, 0.6) is 0 Å². The lowest BCUT2D eigenvalue weighted by Gasteiger charge is -2.18. The molecule has 5 N–H and O–H groups in total. The van der Waals surface area contributed by atoms with Crippen molar-refractivity contribution in [1.29, 1.82) is 0 Å². The number of nitrogens with one attached hydrogen (secondary N) is 2. The van der Waals surface area contributed by atoms with E-state index in [1.807, 2.05) is 0 Å². The largest absolute Gasteiger partial charge is 0.384 e. The number of aromatic nitrogens is 4. The Bertz CT molecular complexity index is 1230. The van der Waals surface area contributed by atoms with Crippen LogP contribution in [0, 0.1) is 0 Å². The highest BCUT2D eigenvalue weighted by Crippen LogP contribution is 2.39. The van der Waals surface area contributed by atoms with Crippen LogP contribution in [0.2, 0.25) is 0 Å². The lowest BCUT2D eigenvalue weighted by atomic mass is 10.1. The topological polar surface area (TPSA) is 148 Å². The van der Waals surface area contributed by atoms with E-state index in [-0.39, 0.29) is 17.6 Å². The van der Waals surface area contributed by atoms with E-state index in [1.165, 1.54) is 10.9 Å². The van der Waals surface area contributed by atoms with Gasteiger partial charge < -0.3 is 26.0 Å². The molecule has 1 aliphatic rings. The number of carbonyl (C=O) groups excluding carboxylic acids is 1. The number of pyridine rings is 2. The third kappa shape index (κ3) is 4.48. The van der Waals surface area contributed by atoms with Crippen LogP contribution in [0.15, 0.2) is 35.5 Å². The van der Waals surface area contributed by atoms with E-state index >= 15 is 0 Å². The first-order valence-electron chi connectivity index (χ1n) is 9.97. The van der Waals surface area contributed by atoms with E-state index in [2.05, 4.69) is 32.5 Å². The van der Waals surface area contributed by atoms with Crippen molar-refractivity contribution in [2.24, 2.45) is 5.73 Å². The predicted molar refractivity (Wildman–Crippen MR) is 117 cm³/mol. The summed E-state index contributed by atoms with van der Waals surface area (Å²) in [5.41, 5.74) is 4.15. The molecule has 3 aromatic rings. The first kappa shape index (κ1) is 20.7. The molecule has 1 aliphatic carbocycles. The molecule has 1 fully saturated rings. The maximum Gasteiger partial charge on any atom is 0.262 e. The molecule has 0 unspecified atom stereocenters. The normalized spacial score (nSPS) is 15.0. The second-order valence-electron chi connectivity index (χ2n) is 8.69. The molecular weight excluding hydrogens is 398 g/mol. The fraction of sp³-hybridized carbons (Fsp3) is 0.381. The second-order valence-corrected chi connectivity index (χ2v) is 8.69. The van der Waals surface area contributed by atoms with Gasteiger partial charge in [-0.25, -0.2) is 15.0 Å². The predicted octanol–water partition coefficient (Wildman–Crippen LogP) is 1.61. The second kappa shape index (κ2) is 7.31. The highest BCUT2D eigenvalue weighted by Gasteiger charge is 2.38. The molecule has 0 aromatic carbocycles. The van der Waals surface area contributed by atoms with Gasteiger partial charge in [-0.2, -0.15) is 0 Å². The van der Waals surface area contributed by atoms with Crippen molar-refractivity contribution in [2.75, 3.05) is 10.6 Å². The van der Waals surface area contributed by atoms with Crippen molar-refractivity contribution in [3.8, 4) is 0 Å². The van der Waals surface area contributed by atoms with Gasteiger partial charge in [0, 0.05) is 17.8 Å². The number of aliphatic hydroxyl groups is 1. The van der Waals surface area contributed by atoms with Gasteiger partial charge in [-0.1, -0.05) is 0 Å². The molecule has 162 valence electrons. The van der Waals surface area contributed by atoms with Crippen molar-refractivity contribution in [3.05, 3.63) is 46.8 Å². The standard InChI is InChI=1S/C21H25N7O3/c1-20(2,31)13-9-15(24-11-23-13)25-16-8-12-4-7-28(10-14(22)29)19(30)17(12)18(26-16)27-21(3)5-6-21/h4,7-9,11,31H,5-6,10H2,1-3H3,(H2,22,29)(H2,23,24,25,26,27). The molecule has 31 heavy (non-hydrogen) atoms. The van der Waals surface area contributed by atoms with Gasteiger partial charge in [0.1, 0.15) is 35.9 Å². The Labute approximate surface area is 178 Å². The minimum atomic E-state index is -1.12. The van der Waals surface area contributed by atoms with Gasteiger partial charge in [-0.05, 0) is 51.1 Å². The molecule has 3 heterocycles. The molecule has 1 saturated carbocycles. The highest BCUT2D eigenvalue weighted by molar-refractivity contribution is 5.94. The van der Waals surface area contributed by atoms with E-state index in [0.29, 0.717) is 33.9 Å². The maximum absolute atomic E-state index is 13.0. The molecule has 10 heteroatoms. The Balaban J connectivity index is 1.79. The highest BCUT2D eigenvalue weighted by atomic mass is 16.3. The van der Waals surface area contributed by atoms with Crippen molar-refractivity contribution in [1.82, 2.24) is 19.5 Å². The number of nitrogens with zero attached hydrogens (tertiary/aromatic N) is 4. The summed E-state index contributed by atoms with van der Waals surface area (Å²) in [6.07, 6.45) is 4.84. The molecule has 3 aromatic heterocycles. The van der Waals surface area contributed by atoms with Crippen LogP contribution in [0.25, 0.3) is 10.8 Å². The zero-order valence-corrected chi connectivity index (χ0v) is 17.6. The molecule has 0 radical (unpaired) electrons. The van der Waals surface area contributed by atoms with Crippen LogP contribution in [0.1, 0.15) is 39.3 Å². The number of hydrogen-bond donors (Lipinski definition) is 4. The molecule has 0 bridgehead atoms. The van der Waals surface area contributed by atoms with E-state index in [9.17, 15) is 14.7 Å². The van der Waals surface area contributed by atoms with Crippen LogP contribution in [-0.4, -0.2) is 36.1 Å². The minimum Gasteiger partial charge on any atom is -0.384 e. The zero-order chi connectivity index (χ0) is 22.4. The van der Waals surface area contributed by atoms with Gasteiger partial charge >= 0.3 is 0 Å². The van der Waals surface area contributed by atoms with Crippen LogP contribution >= 0.6 is 0 Å². The summed E-state index contributed by atoms with van der Waals surface area (Å²) in [5, 5.41) is 17.7. The number of fused-ring (bicyclic) bond motifs is 1. The van der Waals surface area contributed by atoms with Gasteiger partial charge in [0.15, 0.2) is 0 Å². The fourth-order valence-corrected chi connectivity index (χ4v) is 3.24. The third-order valence-corrected chi connectivity index (χ3v) is 5.26. The lowest BCUT2D eigenvalue weighted by molar-refractivity contribution is -0.118. The van der Waals surface area contributed by atoms with Crippen molar-refractivity contribution in [3.63, 3.8) is 0 Å². The number of hydrogen-bond acceptors (Lipinski definition) is 8. The summed E-state index contributed by atoms with van der Waals surface area (Å²) in [6.45, 7) is 5.14. The number of rotatable bonds is 7. The van der Waals surface area contributed by atoms with Crippen LogP contribution in [0.4, 0.5) is 17.5 Å². The molecule has 0 saturated heterocycles. The summed E-state index contributed by atoms with van der Waals surface area (Å²) >= 11 is 0. The Morgan fingerprint density at radius 2 is 2.03 bits per heavy atom. The van der Waals surface area contributed by atoms with Crippen LogP contribution < -0.4 is 21.9 Å². The minimum absolute atomic E-state index is 0.127. The number of amides is 1. The molecule has 10 nitrogen and oxygen atoms in total. The van der Waals surface area contributed by atoms with E-state index in [4.69, 9.17) is 5.73 Å². The van der Waals surface area contributed by atoms with Crippen LogP contribution in [-0.2, 0) is 16.9 Å². The zero-order valence-electron chi connectivity index (χ0n) is 17.6. The van der Waals surface area contributed by atoms with Gasteiger partial charge in [0.2, 0.25) is 5.91 Å². The quantitative estimate of drug-likeness (QED) is 0.448. The Kier molecular flexibility index (Phi) is 4.89. The van der Waals surface area contributed by atoms with Crippen molar-refractivity contribution < 1.29 is 9.90 Å². The summed E-state index contributed by atoms with van der Waals surface area (Å²) in [6, 6.07) is 5.12. The summed E-state index contributed by atoms with van der Waals surface area (Å²) < 4.78 is 1.28. The molecule has 1 amide bonds. The van der Waals surface area contributed by atoms with Gasteiger partial charge in [-0.3, -0.25) is 9.59 Å². The average molecular weight is 423 g/mol.